The largest absolute Gasteiger partial charge is 0.384 e. The lowest BCUT2D eigenvalue weighted by Gasteiger charge is -2.01. The fourth-order valence-electron chi connectivity index (χ4n) is 1.42. The normalized spacial score (nSPS) is 10.5. The van der Waals surface area contributed by atoms with Gasteiger partial charge in [-0.3, -0.25) is 5.10 Å². The maximum Gasteiger partial charge on any atom is 0.126 e. The highest BCUT2D eigenvalue weighted by Gasteiger charge is 2.03. The topological polar surface area (TPSA) is 54.7 Å². The van der Waals surface area contributed by atoms with Crippen LogP contribution < -0.4 is 5.73 Å². The van der Waals surface area contributed by atoms with E-state index in [4.69, 9.17) is 5.73 Å². The van der Waals surface area contributed by atoms with Crippen LogP contribution >= 0.6 is 11.8 Å². The number of nitrogens with zero attached hydrogens (tertiary/aromatic N) is 1. The van der Waals surface area contributed by atoms with Gasteiger partial charge in [0.05, 0.1) is 6.20 Å². The molecule has 0 aliphatic carbocycles. The average Bonchev–Trinajstić information content (AvgIpc) is 2.66. The molecule has 1 aromatic carbocycles. The first-order valence-corrected chi connectivity index (χ1v) is 5.82. The Morgan fingerprint density at radius 3 is 2.60 bits per heavy atom. The predicted molar refractivity (Wildman–Crippen MR) is 64.8 cm³/mol. The van der Waals surface area contributed by atoms with E-state index in [-0.39, 0.29) is 0 Å². The van der Waals surface area contributed by atoms with E-state index < -0.39 is 0 Å². The Kier molecular flexibility index (Phi) is 2.97. The number of H-pyrrole nitrogens is 1. The van der Waals surface area contributed by atoms with Crippen LogP contribution in [0.15, 0.2) is 35.4 Å². The lowest BCUT2D eigenvalue weighted by molar-refractivity contribution is 1.10. The minimum absolute atomic E-state index is 0.617. The molecule has 0 radical (unpaired) electrons. The van der Waals surface area contributed by atoms with Gasteiger partial charge in [0.25, 0.3) is 0 Å². The van der Waals surface area contributed by atoms with Crippen molar-refractivity contribution in [1.29, 1.82) is 0 Å². The van der Waals surface area contributed by atoms with Crippen molar-refractivity contribution < 1.29 is 0 Å². The van der Waals surface area contributed by atoms with Gasteiger partial charge in [-0.05, 0) is 23.4 Å². The highest BCUT2D eigenvalue weighted by Crippen LogP contribution is 2.26. The summed E-state index contributed by atoms with van der Waals surface area (Å²) < 4.78 is 0. The molecule has 0 saturated heterocycles. The summed E-state index contributed by atoms with van der Waals surface area (Å²) in [7, 11) is 0. The summed E-state index contributed by atoms with van der Waals surface area (Å²) in [6.45, 7) is 2.15. The number of hydrogen-bond acceptors (Lipinski definition) is 3. The third-order valence-electron chi connectivity index (χ3n) is 2.15. The number of thioether (sulfide) groups is 1. The monoisotopic (exact) mass is 219 g/mol. The van der Waals surface area contributed by atoms with E-state index in [1.54, 1.807) is 6.20 Å². The Hall–Kier alpha value is -1.42. The number of aromatic nitrogens is 2. The van der Waals surface area contributed by atoms with Crippen molar-refractivity contribution in [3.63, 3.8) is 0 Å². The fourth-order valence-corrected chi connectivity index (χ4v) is 2.09. The second kappa shape index (κ2) is 4.40. The summed E-state index contributed by atoms with van der Waals surface area (Å²) in [5, 5.41) is 6.63. The third-order valence-corrected chi connectivity index (χ3v) is 3.04. The first-order chi connectivity index (χ1) is 7.31. The van der Waals surface area contributed by atoms with Crippen molar-refractivity contribution in [2.24, 2.45) is 0 Å². The molecule has 0 bridgehead atoms. The molecular weight excluding hydrogens is 206 g/mol. The molecule has 0 aliphatic heterocycles. The summed E-state index contributed by atoms with van der Waals surface area (Å²) in [5.41, 5.74) is 7.81. The summed E-state index contributed by atoms with van der Waals surface area (Å²) in [6, 6.07) is 8.35. The molecule has 0 aliphatic rings. The van der Waals surface area contributed by atoms with Crippen molar-refractivity contribution in [2.45, 2.75) is 11.8 Å². The standard InChI is InChI=1S/C11H13N3S/c1-2-15-9-5-3-8(4-6-9)10-7-13-14-11(10)12/h3-7H,2H2,1H3,(H3,12,13,14). The van der Waals surface area contributed by atoms with Gasteiger partial charge in [-0.25, -0.2) is 0 Å². The lowest BCUT2D eigenvalue weighted by Crippen LogP contribution is -1.87. The van der Waals surface area contributed by atoms with Crippen LogP contribution in [0.25, 0.3) is 11.1 Å². The second-order valence-corrected chi connectivity index (χ2v) is 4.49. The quantitative estimate of drug-likeness (QED) is 0.780. The van der Waals surface area contributed by atoms with E-state index in [0.29, 0.717) is 5.82 Å². The number of benzene rings is 1. The van der Waals surface area contributed by atoms with E-state index in [0.717, 1.165) is 16.9 Å². The molecular formula is C11H13N3S. The molecule has 2 rings (SSSR count). The molecule has 1 aromatic heterocycles. The number of rotatable bonds is 3. The van der Waals surface area contributed by atoms with Gasteiger partial charge in [-0.15, -0.1) is 11.8 Å². The molecule has 15 heavy (non-hydrogen) atoms. The molecule has 4 heteroatoms. The van der Waals surface area contributed by atoms with Crippen LogP contribution in [0.5, 0.6) is 0 Å². The minimum Gasteiger partial charge on any atom is -0.384 e. The third kappa shape index (κ3) is 2.15. The van der Waals surface area contributed by atoms with Crippen molar-refractivity contribution in [3.8, 4) is 11.1 Å². The van der Waals surface area contributed by atoms with Gasteiger partial charge in [0, 0.05) is 10.5 Å². The van der Waals surface area contributed by atoms with Crippen molar-refractivity contribution in [3.05, 3.63) is 30.5 Å². The summed E-state index contributed by atoms with van der Waals surface area (Å²) in [6.07, 6.45) is 1.75. The molecule has 78 valence electrons. The molecule has 3 N–H and O–H groups in total. The predicted octanol–water partition coefficient (Wildman–Crippen LogP) is 2.77. The Morgan fingerprint density at radius 2 is 2.07 bits per heavy atom. The number of nitrogen functional groups attached to an aromatic ring is 1. The number of nitrogens with one attached hydrogen (secondary N) is 1. The Bertz CT molecular complexity index is 433. The zero-order chi connectivity index (χ0) is 10.7. The van der Waals surface area contributed by atoms with E-state index in [1.165, 1.54) is 4.90 Å². The minimum atomic E-state index is 0.617. The number of nitrogens with two attached hydrogens (primary N) is 1. The summed E-state index contributed by atoms with van der Waals surface area (Å²) in [5.74, 6) is 1.71. The zero-order valence-corrected chi connectivity index (χ0v) is 9.34. The SMILES string of the molecule is CCSc1ccc(-c2cn[nH]c2N)cc1. The summed E-state index contributed by atoms with van der Waals surface area (Å²) >= 11 is 1.83. The summed E-state index contributed by atoms with van der Waals surface area (Å²) in [4.78, 5) is 1.28. The molecule has 0 atom stereocenters. The molecule has 3 nitrogen and oxygen atoms in total. The van der Waals surface area contributed by atoms with Crippen molar-refractivity contribution >= 4 is 17.6 Å². The molecule has 1 heterocycles. The lowest BCUT2D eigenvalue weighted by atomic mass is 10.1. The van der Waals surface area contributed by atoms with E-state index in [1.807, 2.05) is 11.8 Å². The molecule has 2 aromatic rings. The smallest absolute Gasteiger partial charge is 0.126 e. The Balaban J connectivity index is 2.28. The van der Waals surface area contributed by atoms with Crippen LogP contribution in [-0.2, 0) is 0 Å². The van der Waals surface area contributed by atoms with Gasteiger partial charge in [0.2, 0.25) is 0 Å². The van der Waals surface area contributed by atoms with Crippen LogP contribution in [0.2, 0.25) is 0 Å². The van der Waals surface area contributed by atoms with E-state index in [2.05, 4.69) is 41.4 Å². The van der Waals surface area contributed by atoms with Gasteiger partial charge in [0.15, 0.2) is 0 Å². The average molecular weight is 219 g/mol. The molecule has 0 saturated carbocycles. The second-order valence-electron chi connectivity index (χ2n) is 3.15. The number of anilines is 1. The maximum absolute atomic E-state index is 5.75. The van der Waals surface area contributed by atoms with Crippen LogP contribution in [0.3, 0.4) is 0 Å². The Labute approximate surface area is 93.1 Å². The van der Waals surface area contributed by atoms with Crippen LogP contribution in [0.4, 0.5) is 5.82 Å². The van der Waals surface area contributed by atoms with E-state index >= 15 is 0 Å². The zero-order valence-electron chi connectivity index (χ0n) is 8.53. The fraction of sp³-hybridized carbons (Fsp3) is 0.182. The van der Waals surface area contributed by atoms with Crippen molar-refractivity contribution in [1.82, 2.24) is 10.2 Å². The maximum atomic E-state index is 5.75. The van der Waals surface area contributed by atoms with Crippen LogP contribution in [-0.4, -0.2) is 16.0 Å². The van der Waals surface area contributed by atoms with Gasteiger partial charge in [0.1, 0.15) is 5.82 Å². The molecule has 0 unspecified atom stereocenters. The first kappa shape index (κ1) is 10.1. The van der Waals surface area contributed by atoms with Gasteiger partial charge in [-0.1, -0.05) is 19.1 Å². The molecule has 0 fully saturated rings. The first-order valence-electron chi connectivity index (χ1n) is 4.83. The van der Waals surface area contributed by atoms with Crippen LogP contribution in [0, 0.1) is 0 Å². The van der Waals surface area contributed by atoms with Gasteiger partial charge in [-0.2, -0.15) is 5.10 Å². The molecule has 0 amide bonds. The Morgan fingerprint density at radius 1 is 1.33 bits per heavy atom. The highest BCUT2D eigenvalue weighted by atomic mass is 32.2. The number of hydrogen-bond donors (Lipinski definition) is 2. The van der Waals surface area contributed by atoms with Gasteiger partial charge >= 0.3 is 0 Å². The molecule has 0 spiro atoms. The number of aromatic amines is 1. The van der Waals surface area contributed by atoms with Crippen LogP contribution in [0.1, 0.15) is 6.92 Å². The van der Waals surface area contributed by atoms with Gasteiger partial charge < -0.3 is 5.73 Å². The highest BCUT2D eigenvalue weighted by molar-refractivity contribution is 7.99. The van der Waals surface area contributed by atoms with E-state index in [9.17, 15) is 0 Å². The van der Waals surface area contributed by atoms with Crippen molar-refractivity contribution in [2.75, 3.05) is 11.5 Å².